The number of pyridine rings is 1. The highest BCUT2D eigenvalue weighted by Crippen LogP contribution is 2.24. The van der Waals surface area contributed by atoms with E-state index in [2.05, 4.69) is 20.3 Å². The normalized spacial score (nSPS) is 10.1. The molecule has 2 aromatic rings. The molecule has 94 valence electrons. The molecule has 0 radical (unpaired) electrons. The topological polar surface area (TPSA) is 86.0 Å². The van der Waals surface area contributed by atoms with Gasteiger partial charge in [0.25, 0.3) is 0 Å². The second-order valence-electron chi connectivity index (χ2n) is 3.59. The SMILES string of the molecule is CCOc1ncnc(NCc2cccnc2)c1N. The Morgan fingerprint density at radius 2 is 2.28 bits per heavy atom. The Kier molecular flexibility index (Phi) is 3.90. The smallest absolute Gasteiger partial charge is 0.242 e. The lowest BCUT2D eigenvalue weighted by molar-refractivity contribution is 0.328. The van der Waals surface area contributed by atoms with E-state index < -0.39 is 0 Å². The zero-order valence-corrected chi connectivity index (χ0v) is 10.1. The Morgan fingerprint density at radius 1 is 1.39 bits per heavy atom. The summed E-state index contributed by atoms with van der Waals surface area (Å²) in [5.74, 6) is 0.971. The summed E-state index contributed by atoms with van der Waals surface area (Å²) in [4.78, 5) is 12.1. The standard InChI is InChI=1S/C12H15N5O/c1-2-18-12-10(13)11(16-8-17-12)15-7-9-4-3-5-14-6-9/h3-6,8H,2,7,13H2,1H3,(H,15,16,17). The van der Waals surface area contributed by atoms with Gasteiger partial charge in [-0.25, -0.2) is 4.98 Å². The molecule has 6 heteroatoms. The number of nitrogens with one attached hydrogen (secondary N) is 1. The van der Waals surface area contributed by atoms with Crippen LogP contribution in [-0.2, 0) is 6.54 Å². The zero-order chi connectivity index (χ0) is 12.8. The minimum absolute atomic E-state index is 0.404. The summed E-state index contributed by atoms with van der Waals surface area (Å²) >= 11 is 0. The first kappa shape index (κ1) is 12.1. The number of ether oxygens (including phenoxy) is 1. The van der Waals surface area contributed by atoms with E-state index in [1.807, 2.05) is 19.1 Å². The Hall–Kier alpha value is -2.37. The lowest BCUT2D eigenvalue weighted by Crippen LogP contribution is -2.08. The van der Waals surface area contributed by atoms with Gasteiger partial charge in [-0.1, -0.05) is 6.07 Å². The van der Waals surface area contributed by atoms with E-state index in [0.29, 0.717) is 30.5 Å². The van der Waals surface area contributed by atoms with Crippen molar-refractivity contribution in [2.75, 3.05) is 17.7 Å². The maximum atomic E-state index is 5.91. The molecule has 0 amide bonds. The van der Waals surface area contributed by atoms with E-state index in [4.69, 9.17) is 10.5 Å². The molecule has 2 aromatic heterocycles. The third kappa shape index (κ3) is 2.85. The number of hydrogen-bond acceptors (Lipinski definition) is 6. The number of hydrogen-bond donors (Lipinski definition) is 2. The van der Waals surface area contributed by atoms with Crippen LogP contribution in [0, 0.1) is 0 Å². The first-order valence-corrected chi connectivity index (χ1v) is 5.67. The monoisotopic (exact) mass is 245 g/mol. The molecule has 2 heterocycles. The lowest BCUT2D eigenvalue weighted by atomic mass is 10.3. The van der Waals surface area contributed by atoms with Crippen molar-refractivity contribution in [2.24, 2.45) is 0 Å². The quantitative estimate of drug-likeness (QED) is 0.829. The zero-order valence-electron chi connectivity index (χ0n) is 10.1. The molecular weight excluding hydrogens is 230 g/mol. The summed E-state index contributed by atoms with van der Waals surface area (Å²) in [7, 11) is 0. The molecule has 0 fully saturated rings. The van der Waals surface area contributed by atoms with Crippen molar-refractivity contribution >= 4 is 11.5 Å². The number of nitrogens with zero attached hydrogens (tertiary/aromatic N) is 3. The average molecular weight is 245 g/mol. The largest absolute Gasteiger partial charge is 0.476 e. The summed E-state index contributed by atoms with van der Waals surface area (Å²) in [5, 5.41) is 3.13. The summed E-state index contributed by atoms with van der Waals surface area (Å²) in [5.41, 5.74) is 7.37. The second kappa shape index (κ2) is 5.81. The van der Waals surface area contributed by atoms with Crippen molar-refractivity contribution in [1.29, 1.82) is 0 Å². The highest BCUT2D eigenvalue weighted by atomic mass is 16.5. The van der Waals surface area contributed by atoms with E-state index in [1.165, 1.54) is 6.33 Å². The minimum Gasteiger partial charge on any atom is -0.476 e. The fourth-order valence-corrected chi connectivity index (χ4v) is 1.46. The molecule has 0 atom stereocenters. The van der Waals surface area contributed by atoms with Gasteiger partial charge in [0.05, 0.1) is 6.61 Å². The van der Waals surface area contributed by atoms with Crippen LogP contribution >= 0.6 is 0 Å². The molecule has 0 aliphatic heterocycles. The van der Waals surface area contributed by atoms with E-state index in [0.717, 1.165) is 5.56 Å². The number of anilines is 2. The summed E-state index contributed by atoms with van der Waals surface area (Å²) in [6.07, 6.45) is 4.94. The number of nitrogens with two attached hydrogens (primary N) is 1. The predicted molar refractivity (Wildman–Crippen MR) is 69.2 cm³/mol. The van der Waals surface area contributed by atoms with Gasteiger partial charge < -0.3 is 15.8 Å². The fraction of sp³-hybridized carbons (Fsp3) is 0.250. The van der Waals surface area contributed by atoms with Crippen LogP contribution in [0.2, 0.25) is 0 Å². The van der Waals surface area contributed by atoms with Crippen molar-refractivity contribution in [3.63, 3.8) is 0 Å². The van der Waals surface area contributed by atoms with Crippen molar-refractivity contribution in [3.8, 4) is 5.88 Å². The summed E-state index contributed by atoms with van der Waals surface area (Å²) in [6.45, 7) is 2.99. The van der Waals surface area contributed by atoms with Crippen LogP contribution in [-0.4, -0.2) is 21.6 Å². The van der Waals surface area contributed by atoms with Gasteiger partial charge in [0.15, 0.2) is 5.82 Å². The Bertz CT molecular complexity index is 503. The van der Waals surface area contributed by atoms with Crippen molar-refractivity contribution < 1.29 is 4.74 Å². The molecule has 0 aliphatic rings. The Labute approximate surface area is 105 Å². The molecule has 0 unspecified atom stereocenters. The molecule has 2 rings (SSSR count). The van der Waals surface area contributed by atoms with Crippen LogP contribution < -0.4 is 15.8 Å². The van der Waals surface area contributed by atoms with Gasteiger partial charge in [-0.2, -0.15) is 4.98 Å². The number of rotatable bonds is 5. The maximum Gasteiger partial charge on any atom is 0.242 e. The van der Waals surface area contributed by atoms with Crippen molar-refractivity contribution in [1.82, 2.24) is 15.0 Å². The number of aromatic nitrogens is 3. The van der Waals surface area contributed by atoms with Crippen LogP contribution in [0.1, 0.15) is 12.5 Å². The van der Waals surface area contributed by atoms with E-state index in [9.17, 15) is 0 Å². The maximum absolute atomic E-state index is 5.91. The number of nitrogen functional groups attached to an aromatic ring is 1. The average Bonchev–Trinajstić information content (AvgIpc) is 2.41. The van der Waals surface area contributed by atoms with Crippen LogP contribution in [0.3, 0.4) is 0 Å². The molecule has 18 heavy (non-hydrogen) atoms. The lowest BCUT2D eigenvalue weighted by Gasteiger charge is -2.10. The molecule has 3 N–H and O–H groups in total. The van der Waals surface area contributed by atoms with Gasteiger partial charge in [0, 0.05) is 18.9 Å². The highest BCUT2D eigenvalue weighted by molar-refractivity contribution is 5.66. The van der Waals surface area contributed by atoms with Gasteiger partial charge in [0.2, 0.25) is 5.88 Å². The predicted octanol–water partition coefficient (Wildman–Crippen LogP) is 1.46. The molecule has 0 bridgehead atoms. The van der Waals surface area contributed by atoms with E-state index in [-0.39, 0.29) is 0 Å². The second-order valence-corrected chi connectivity index (χ2v) is 3.59. The van der Waals surface area contributed by atoms with Gasteiger partial charge in [0.1, 0.15) is 12.0 Å². The van der Waals surface area contributed by atoms with Crippen LogP contribution in [0.4, 0.5) is 11.5 Å². The van der Waals surface area contributed by atoms with E-state index >= 15 is 0 Å². The third-order valence-corrected chi connectivity index (χ3v) is 2.31. The van der Waals surface area contributed by atoms with Gasteiger partial charge in [-0.3, -0.25) is 4.98 Å². The first-order valence-electron chi connectivity index (χ1n) is 5.67. The fourth-order valence-electron chi connectivity index (χ4n) is 1.46. The molecule has 0 aliphatic carbocycles. The summed E-state index contributed by atoms with van der Waals surface area (Å²) in [6, 6.07) is 3.85. The van der Waals surface area contributed by atoms with Crippen molar-refractivity contribution in [2.45, 2.75) is 13.5 Å². The highest BCUT2D eigenvalue weighted by Gasteiger charge is 2.08. The van der Waals surface area contributed by atoms with Gasteiger partial charge >= 0.3 is 0 Å². The van der Waals surface area contributed by atoms with Crippen LogP contribution in [0.15, 0.2) is 30.9 Å². The molecule has 6 nitrogen and oxygen atoms in total. The molecular formula is C12H15N5O. The molecule has 0 saturated carbocycles. The van der Waals surface area contributed by atoms with Gasteiger partial charge in [-0.15, -0.1) is 0 Å². The van der Waals surface area contributed by atoms with Crippen molar-refractivity contribution in [3.05, 3.63) is 36.4 Å². The molecule has 0 aromatic carbocycles. The minimum atomic E-state index is 0.404. The third-order valence-electron chi connectivity index (χ3n) is 2.31. The molecule has 0 saturated heterocycles. The summed E-state index contributed by atoms with van der Waals surface area (Å²) < 4.78 is 5.30. The Morgan fingerprint density at radius 3 is 3.00 bits per heavy atom. The first-order chi connectivity index (χ1) is 8.81. The van der Waals surface area contributed by atoms with Gasteiger partial charge in [-0.05, 0) is 18.6 Å². The molecule has 0 spiro atoms. The van der Waals surface area contributed by atoms with E-state index in [1.54, 1.807) is 12.4 Å². The van der Waals surface area contributed by atoms with Crippen LogP contribution in [0.5, 0.6) is 5.88 Å². The van der Waals surface area contributed by atoms with Crippen LogP contribution in [0.25, 0.3) is 0 Å². The Balaban J connectivity index is 2.08.